The Hall–Kier alpha value is -0.0600. The van der Waals surface area contributed by atoms with Gasteiger partial charge < -0.3 is 4.74 Å². The lowest BCUT2D eigenvalue weighted by molar-refractivity contribution is -0.140. The van der Waals surface area contributed by atoms with Crippen LogP contribution in [0, 0.1) is 0 Å². The van der Waals surface area contributed by atoms with Crippen molar-refractivity contribution in [2.24, 2.45) is 0 Å². The number of rotatable bonds is 17. The fraction of sp³-hybridized carbons (Fsp3) is 0.850. The van der Waals surface area contributed by atoms with Gasteiger partial charge in [-0.15, -0.1) is 0 Å². The molecule has 0 aromatic heterocycles. The zero-order chi connectivity index (χ0) is 17.0. The van der Waals surface area contributed by atoms with E-state index in [2.05, 4.69) is 37.5 Å². The predicted octanol–water partition coefficient (Wildman–Crippen LogP) is 7.35. The van der Waals surface area contributed by atoms with Gasteiger partial charge in [-0.25, -0.2) is 0 Å². The van der Waals surface area contributed by atoms with Gasteiger partial charge in [0.15, 0.2) is 0 Å². The molecular formula is C20H37IO2. The summed E-state index contributed by atoms with van der Waals surface area (Å²) in [6.07, 6.45) is 22.9. The van der Waals surface area contributed by atoms with E-state index in [4.69, 9.17) is 0 Å². The summed E-state index contributed by atoms with van der Waals surface area (Å²) in [6.45, 7) is 0. The van der Waals surface area contributed by atoms with Gasteiger partial charge in [-0.3, -0.25) is 4.79 Å². The maximum atomic E-state index is 10.9. The lowest BCUT2D eigenvalue weighted by Crippen LogP contribution is -1.99. The first kappa shape index (κ1) is 22.9. The molecule has 0 rings (SSSR count). The van der Waals surface area contributed by atoms with E-state index < -0.39 is 0 Å². The molecule has 0 saturated carbocycles. The standard InChI is InChI=1S/C20H37IO2/c1-23-20(22)18-16-14-12-10-8-6-4-2-3-5-7-9-11-13-15-17-19-21/h17,19H,2-16,18H2,1H3/b19-17+. The molecular weight excluding hydrogens is 399 g/mol. The molecule has 2 nitrogen and oxygen atoms in total. The summed E-state index contributed by atoms with van der Waals surface area (Å²) in [5.74, 6) is -0.0672. The van der Waals surface area contributed by atoms with E-state index in [1.54, 1.807) is 0 Å². The summed E-state index contributed by atoms with van der Waals surface area (Å²) in [5.41, 5.74) is 0. The Labute approximate surface area is 158 Å². The third kappa shape index (κ3) is 19.9. The number of allylic oxidation sites excluding steroid dienone is 1. The zero-order valence-corrected chi connectivity index (χ0v) is 17.3. The number of esters is 1. The van der Waals surface area contributed by atoms with Crippen molar-refractivity contribution >= 4 is 28.6 Å². The van der Waals surface area contributed by atoms with Crippen molar-refractivity contribution in [2.75, 3.05) is 7.11 Å². The number of hydrogen-bond donors (Lipinski definition) is 0. The van der Waals surface area contributed by atoms with E-state index in [1.165, 1.54) is 97.0 Å². The predicted molar refractivity (Wildman–Crippen MR) is 109 cm³/mol. The Balaban J connectivity index is 3.01. The van der Waals surface area contributed by atoms with Crippen LogP contribution in [0.5, 0.6) is 0 Å². The summed E-state index contributed by atoms with van der Waals surface area (Å²) in [7, 11) is 1.47. The minimum absolute atomic E-state index is 0.0672. The van der Waals surface area contributed by atoms with Crippen LogP contribution in [0.4, 0.5) is 0 Å². The highest BCUT2D eigenvalue weighted by Gasteiger charge is 1.99. The van der Waals surface area contributed by atoms with Crippen LogP contribution in [-0.4, -0.2) is 13.1 Å². The van der Waals surface area contributed by atoms with Gasteiger partial charge >= 0.3 is 5.97 Å². The number of carbonyl (C=O) groups is 1. The van der Waals surface area contributed by atoms with Crippen LogP contribution in [0.15, 0.2) is 10.2 Å². The van der Waals surface area contributed by atoms with Crippen LogP contribution in [0.3, 0.4) is 0 Å². The van der Waals surface area contributed by atoms with Crippen LogP contribution in [0.25, 0.3) is 0 Å². The molecule has 0 aliphatic heterocycles. The van der Waals surface area contributed by atoms with Gasteiger partial charge in [0, 0.05) is 6.42 Å². The normalized spacial score (nSPS) is 11.2. The van der Waals surface area contributed by atoms with Gasteiger partial charge in [0.05, 0.1) is 7.11 Å². The van der Waals surface area contributed by atoms with Crippen molar-refractivity contribution in [3.8, 4) is 0 Å². The van der Waals surface area contributed by atoms with Crippen molar-refractivity contribution < 1.29 is 9.53 Å². The average molecular weight is 436 g/mol. The molecule has 0 aliphatic carbocycles. The van der Waals surface area contributed by atoms with Crippen molar-refractivity contribution in [3.63, 3.8) is 0 Å². The fourth-order valence-electron chi connectivity index (χ4n) is 2.82. The molecule has 0 fully saturated rings. The highest BCUT2D eigenvalue weighted by atomic mass is 127. The molecule has 0 heterocycles. The summed E-state index contributed by atoms with van der Waals surface area (Å²) in [4.78, 5) is 10.9. The Morgan fingerprint density at radius 2 is 1.13 bits per heavy atom. The van der Waals surface area contributed by atoms with E-state index in [9.17, 15) is 4.79 Å². The molecule has 3 heteroatoms. The Bertz CT molecular complexity index is 277. The topological polar surface area (TPSA) is 26.3 Å². The van der Waals surface area contributed by atoms with E-state index >= 15 is 0 Å². The molecule has 23 heavy (non-hydrogen) atoms. The van der Waals surface area contributed by atoms with E-state index in [0.717, 1.165) is 6.42 Å². The number of hydrogen-bond acceptors (Lipinski definition) is 2. The Morgan fingerprint density at radius 3 is 1.52 bits per heavy atom. The number of ether oxygens (including phenoxy) is 1. The monoisotopic (exact) mass is 436 g/mol. The molecule has 0 radical (unpaired) electrons. The highest BCUT2D eigenvalue weighted by molar-refractivity contribution is 14.1. The molecule has 0 aromatic carbocycles. The SMILES string of the molecule is COC(=O)CCCCCCCCCCCCCCCC/C=C/I. The molecule has 0 spiro atoms. The van der Waals surface area contributed by atoms with Crippen LogP contribution < -0.4 is 0 Å². The molecule has 0 N–H and O–H groups in total. The molecule has 0 bridgehead atoms. The van der Waals surface area contributed by atoms with Gasteiger partial charge in [-0.05, 0) is 23.3 Å². The zero-order valence-electron chi connectivity index (χ0n) is 15.2. The van der Waals surface area contributed by atoms with Gasteiger partial charge in [-0.1, -0.05) is 106 Å². The van der Waals surface area contributed by atoms with Crippen molar-refractivity contribution in [1.29, 1.82) is 0 Å². The smallest absolute Gasteiger partial charge is 0.305 e. The highest BCUT2D eigenvalue weighted by Crippen LogP contribution is 2.14. The molecule has 0 aromatic rings. The van der Waals surface area contributed by atoms with Gasteiger partial charge in [0.25, 0.3) is 0 Å². The molecule has 136 valence electrons. The summed E-state index contributed by atoms with van der Waals surface area (Å²) in [6, 6.07) is 0. The summed E-state index contributed by atoms with van der Waals surface area (Å²) < 4.78 is 6.76. The van der Waals surface area contributed by atoms with Crippen LogP contribution in [-0.2, 0) is 9.53 Å². The van der Waals surface area contributed by atoms with Gasteiger partial charge in [0.2, 0.25) is 0 Å². The largest absolute Gasteiger partial charge is 0.469 e. The first-order chi connectivity index (χ1) is 11.3. The van der Waals surface area contributed by atoms with Crippen molar-refractivity contribution in [3.05, 3.63) is 10.2 Å². The molecule has 0 atom stereocenters. The van der Waals surface area contributed by atoms with E-state index in [0.29, 0.717) is 6.42 Å². The first-order valence-corrected chi connectivity index (χ1v) is 10.9. The maximum absolute atomic E-state index is 10.9. The molecule has 0 saturated heterocycles. The molecule has 0 aliphatic rings. The van der Waals surface area contributed by atoms with Crippen LogP contribution >= 0.6 is 22.6 Å². The van der Waals surface area contributed by atoms with Gasteiger partial charge in [0.1, 0.15) is 0 Å². The summed E-state index contributed by atoms with van der Waals surface area (Å²) in [5, 5.41) is 0. The van der Waals surface area contributed by atoms with Crippen molar-refractivity contribution in [1.82, 2.24) is 0 Å². The van der Waals surface area contributed by atoms with Crippen LogP contribution in [0.2, 0.25) is 0 Å². The minimum Gasteiger partial charge on any atom is -0.469 e. The number of carbonyl (C=O) groups excluding carboxylic acids is 1. The van der Waals surface area contributed by atoms with Gasteiger partial charge in [-0.2, -0.15) is 0 Å². The van der Waals surface area contributed by atoms with Crippen molar-refractivity contribution in [2.45, 2.75) is 103 Å². The quantitative estimate of drug-likeness (QED) is 0.135. The summed E-state index contributed by atoms with van der Waals surface area (Å²) >= 11 is 2.29. The lowest BCUT2D eigenvalue weighted by Gasteiger charge is -2.03. The fourth-order valence-corrected chi connectivity index (χ4v) is 3.18. The second-order valence-electron chi connectivity index (χ2n) is 6.43. The second-order valence-corrected chi connectivity index (χ2v) is 7.15. The number of methoxy groups -OCH3 is 1. The first-order valence-electron chi connectivity index (χ1n) is 9.63. The average Bonchev–Trinajstić information content (AvgIpc) is 2.57. The third-order valence-corrected chi connectivity index (χ3v) is 4.83. The maximum Gasteiger partial charge on any atom is 0.305 e. The second kappa shape index (κ2) is 20.0. The number of unbranched alkanes of at least 4 members (excludes halogenated alkanes) is 14. The number of halogens is 1. The third-order valence-electron chi connectivity index (χ3n) is 4.32. The minimum atomic E-state index is -0.0672. The van der Waals surface area contributed by atoms with E-state index in [-0.39, 0.29) is 5.97 Å². The van der Waals surface area contributed by atoms with E-state index in [1.807, 2.05) is 0 Å². The Morgan fingerprint density at radius 1 is 0.739 bits per heavy atom. The lowest BCUT2D eigenvalue weighted by atomic mass is 10.0. The molecule has 0 amide bonds. The van der Waals surface area contributed by atoms with Crippen LogP contribution in [0.1, 0.15) is 103 Å². The molecule has 0 unspecified atom stereocenters. The Kier molecular flexibility index (Phi) is 19.9.